The molecule has 0 bridgehead atoms. The van der Waals surface area contributed by atoms with E-state index in [2.05, 4.69) is 4.98 Å². The number of methoxy groups -OCH3 is 1. The fraction of sp³-hybridized carbons (Fsp3) is 0.389. The van der Waals surface area contributed by atoms with Crippen molar-refractivity contribution < 1.29 is 13.9 Å². The maximum absolute atomic E-state index is 13.8. The fourth-order valence-corrected chi connectivity index (χ4v) is 3.42. The van der Waals surface area contributed by atoms with E-state index in [9.17, 15) is 18.8 Å². The molecule has 0 saturated carbocycles. The van der Waals surface area contributed by atoms with Crippen LogP contribution >= 0.6 is 11.8 Å². The number of aromatic nitrogens is 2. The Labute approximate surface area is 165 Å². The van der Waals surface area contributed by atoms with Crippen molar-refractivity contribution in [2.45, 2.75) is 24.8 Å². The highest BCUT2D eigenvalue weighted by Gasteiger charge is 2.24. The van der Waals surface area contributed by atoms with Gasteiger partial charge in [0.25, 0.3) is 5.56 Å². The van der Waals surface area contributed by atoms with Gasteiger partial charge in [-0.05, 0) is 18.6 Å². The number of nitrogens with zero attached hydrogens (tertiary/aromatic N) is 2. The van der Waals surface area contributed by atoms with E-state index in [0.29, 0.717) is 17.9 Å². The molecule has 1 aromatic heterocycles. The van der Waals surface area contributed by atoms with Crippen molar-refractivity contribution in [1.29, 1.82) is 0 Å². The molecule has 0 spiro atoms. The van der Waals surface area contributed by atoms with Gasteiger partial charge in [0.15, 0.2) is 5.69 Å². The topological polar surface area (TPSA) is 110 Å². The quantitative estimate of drug-likeness (QED) is 0.605. The van der Waals surface area contributed by atoms with E-state index in [0.717, 1.165) is 11.8 Å². The van der Waals surface area contributed by atoms with Crippen molar-refractivity contribution >= 4 is 29.2 Å². The number of thioether (sulfide) groups is 1. The number of rotatable bonds is 9. The number of halogens is 1. The second-order valence-electron chi connectivity index (χ2n) is 5.90. The fourth-order valence-electron chi connectivity index (χ4n) is 2.61. The zero-order valence-corrected chi connectivity index (χ0v) is 16.6. The average molecular weight is 410 g/mol. The molecule has 28 heavy (non-hydrogen) atoms. The number of carbonyl (C=O) groups is 1. The molecule has 3 N–H and O–H groups in total. The van der Waals surface area contributed by atoms with Crippen molar-refractivity contribution in [1.82, 2.24) is 9.55 Å². The molecule has 0 aliphatic rings. The lowest BCUT2D eigenvalue weighted by Crippen LogP contribution is -2.43. The smallest absolute Gasteiger partial charge is 0.330 e. The second-order valence-corrected chi connectivity index (χ2v) is 6.92. The first-order valence-electron chi connectivity index (χ1n) is 8.69. The highest BCUT2D eigenvalue weighted by molar-refractivity contribution is 8.00. The minimum Gasteiger partial charge on any atom is -0.383 e. The maximum Gasteiger partial charge on any atom is 0.330 e. The molecule has 8 nitrogen and oxygen atoms in total. The van der Waals surface area contributed by atoms with Crippen molar-refractivity contribution in [3.05, 3.63) is 50.9 Å². The first kappa shape index (κ1) is 21.7. The molecular formula is C18H23FN4O4S. The molecule has 0 aliphatic carbocycles. The monoisotopic (exact) mass is 410 g/mol. The van der Waals surface area contributed by atoms with Gasteiger partial charge in [0, 0.05) is 25.1 Å². The molecule has 0 radical (unpaired) electrons. The van der Waals surface area contributed by atoms with Crippen LogP contribution in [0.3, 0.4) is 0 Å². The molecule has 0 atom stereocenters. The Hall–Kier alpha value is -2.59. The molecule has 152 valence electrons. The Bertz CT molecular complexity index is 944. The summed E-state index contributed by atoms with van der Waals surface area (Å²) in [4.78, 5) is 40.9. The number of hydrogen-bond donors (Lipinski definition) is 2. The Balaban J connectivity index is 2.36. The Morgan fingerprint density at radius 3 is 2.71 bits per heavy atom. The zero-order chi connectivity index (χ0) is 20.7. The number of ether oxygens (including phenoxy) is 1. The maximum atomic E-state index is 13.8. The third-order valence-corrected chi connectivity index (χ3v) is 4.97. The summed E-state index contributed by atoms with van der Waals surface area (Å²) >= 11 is 1.01. The first-order valence-corrected chi connectivity index (χ1v) is 9.68. The third kappa shape index (κ3) is 5.02. The third-order valence-electron chi connectivity index (χ3n) is 3.94. The normalized spacial score (nSPS) is 10.8. The number of carbonyl (C=O) groups excluding carboxylic acids is 1. The summed E-state index contributed by atoms with van der Waals surface area (Å²) in [6.45, 7) is 2.37. The van der Waals surface area contributed by atoms with E-state index >= 15 is 0 Å². The van der Waals surface area contributed by atoms with Gasteiger partial charge in [-0.3, -0.25) is 19.1 Å². The van der Waals surface area contributed by atoms with E-state index in [1.165, 1.54) is 22.6 Å². The summed E-state index contributed by atoms with van der Waals surface area (Å²) in [5.74, 6) is -1.09. The van der Waals surface area contributed by atoms with Gasteiger partial charge in [-0.1, -0.05) is 19.1 Å². The summed E-state index contributed by atoms with van der Waals surface area (Å²) < 4.78 is 20.0. The van der Waals surface area contributed by atoms with E-state index in [4.69, 9.17) is 10.5 Å². The van der Waals surface area contributed by atoms with Crippen LogP contribution in [0, 0.1) is 5.82 Å². The standard InChI is InChI=1S/C18H23FN4O4S/c1-3-8-23-16(20)15(17(25)21-18(23)26)22(9-10-27-2)14(24)11-28-13-7-5-4-6-12(13)19/h4-7H,3,8-11,20H2,1-2H3,(H,21,25,26). The van der Waals surface area contributed by atoms with Gasteiger partial charge in [-0.25, -0.2) is 9.18 Å². The molecule has 1 heterocycles. The number of nitrogens with one attached hydrogen (secondary N) is 1. The minimum absolute atomic E-state index is 0.0603. The van der Waals surface area contributed by atoms with E-state index in [-0.39, 0.29) is 30.4 Å². The summed E-state index contributed by atoms with van der Waals surface area (Å²) in [6, 6.07) is 6.10. The van der Waals surface area contributed by atoms with Crippen molar-refractivity contribution in [2.75, 3.05) is 36.6 Å². The van der Waals surface area contributed by atoms with Crippen LogP contribution in [0.1, 0.15) is 13.3 Å². The number of nitrogens with two attached hydrogens (primary N) is 1. The number of H-pyrrole nitrogens is 1. The Morgan fingerprint density at radius 1 is 1.36 bits per heavy atom. The first-order chi connectivity index (χ1) is 13.4. The summed E-state index contributed by atoms with van der Waals surface area (Å²) in [5, 5.41) is 0. The van der Waals surface area contributed by atoms with Crippen molar-refractivity contribution in [3.63, 3.8) is 0 Å². The molecule has 10 heteroatoms. The van der Waals surface area contributed by atoms with Gasteiger partial charge in [0.05, 0.1) is 12.4 Å². The highest BCUT2D eigenvalue weighted by atomic mass is 32.2. The lowest BCUT2D eigenvalue weighted by atomic mass is 10.3. The molecular weight excluding hydrogens is 387 g/mol. The predicted octanol–water partition coefficient (Wildman–Crippen LogP) is 1.44. The van der Waals surface area contributed by atoms with Gasteiger partial charge in [-0.15, -0.1) is 11.8 Å². The minimum atomic E-state index is -0.754. The largest absolute Gasteiger partial charge is 0.383 e. The molecule has 2 rings (SSSR count). The van der Waals surface area contributed by atoms with Crippen LogP contribution in [0.5, 0.6) is 0 Å². The van der Waals surface area contributed by atoms with Crippen LogP contribution < -0.4 is 21.9 Å². The predicted molar refractivity (Wildman–Crippen MR) is 107 cm³/mol. The second kappa shape index (κ2) is 10.1. The Kier molecular flexibility index (Phi) is 7.82. The number of aromatic amines is 1. The van der Waals surface area contributed by atoms with Gasteiger partial charge in [0.2, 0.25) is 5.91 Å². The number of amides is 1. The lowest BCUT2D eigenvalue weighted by molar-refractivity contribution is -0.116. The van der Waals surface area contributed by atoms with Crippen LogP contribution in [0.2, 0.25) is 0 Å². The van der Waals surface area contributed by atoms with Gasteiger partial charge in [0.1, 0.15) is 11.6 Å². The Morgan fingerprint density at radius 2 is 2.07 bits per heavy atom. The molecule has 2 aromatic rings. The molecule has 0 aliphatic heterocycles. The number of nitrogen functional groups attached to an aromatic ring is 1. The van der Waals surface area contributed by atoms with Crippen molar-refractivity contribution in [3.8, 4) is 0 Å². The number of benzene rings is 1. The van der Waals surface area contributed by atoms with Crippen LogP contribution in [-0.2, 0) is 16.1 Å². The van der Waals surface area contributed by atoms with Gasteiger partial charge in [-0.2, -0.15) is 0 Å². The summed E-state index contributed by atoms with van der Waals surface area (Å²) in [5.41, 5.74) is 4.56. The van der Waals surface area contributed by atoms with Gasteiger partial charge < -0.3 is 15.4 Å². The lowest BCUT2D eigenvalue weighted by Gasteiger charge is -2.24. The number of hydrogen-bond acceptors (Lipinski definition) is 6. The van der Waals surface area contributed by atoms with Crippen LogP contribution in [0.25, 0.3) is 0 Å². The van der Waals surface area contributed by atoms with E-state index in [1.54, 1.807) is 18.2 Å². The molecule has 0 unspecified atom stereocenters. The van der Waals surface area contributed by atoms with Crippen LogP contribution in [-0.4, -0.2) is 41.5 Å². The highest BCUT2D eigenvalue weighted by Crippen LogP contribution is 2.23. The molecule has 0 fully saturated rings. The SMILES string of the molecule is CCCn1c(N)c(N(CCOC)C(=O)CSc2ccccc2F)c(=O)[nH]c1=O. The number of anilines is 2. The molecule has 1 amide bonds. The van der Waals surface area contributed by atoms with Crippen LogP contribution in [0.4, 0.5) is 15.9 Å². The summed E-state index contributed by atoms with van der Waals surface area (Å²) in [7, 11) is 1.46. The average Bonchev–Trinajstić information content (AvgIpc) is 2.66. The van der Waals surface area contributed by atoms with E-state index in [1.807, 2.05) is 6.92 Å². The van der Waals surface area contributed by atoms with Gasteiger partial charge >= 0.3 is 5.69 Å². The van der Waals surface area contributed by atoms with E-state index < -0.39 is 23.0 Å². The summed E-state index contributed by atoms with van der Waals surface area (Å²) in [6.07, 6.45) is 0.616. The van der Waals surface area contributed by atoms with Crippen LogP contribution in [0.15, 0.2) is 38.8 Å². The zero-order valence-electron chi connectivity index (χ0n) is 15.7. The molecule has 1 aromatic carbocycles. The van der Waals surface area contributed by atoms with Crippen molar-refractivity contribution in [2.24, 2.45) is 0 Å². The molecule has 0 saturated heterocycles.